The van der Waals surface area contributed by atoms with Crippen LogP contribution in [0.3, 0.4) is 0 Å². The van der Waals surface area contributed by atoms with Gasteiger partial charge in [-0.25, -0.2) is 0 Å². The van der Waals surface area contributed by atoms with Gasteiger partial charge in [-0.2, -0.15) is 0 Å². The Hall–Kier alpha value is -2.37. The smallest absolute Gasteiger partial charge is 0.259 e. The first-order valence-electron chi connectivity index (χ1n) is 7.72. The summed E-state index contributed by atoms with van der Waals surface area (Å²) in [4.78, 5) is 16.6. The Kier molecular flexibility index (Phi) is 4.37. The Labute approximate surface area is 129 Å². The van der Waals surface area contributed by atoms with Crippen LogP contribution in [0.15, 0.2) is 29.0 Å². The topological polar surface area (TPSA) is 94.0 Å². The predicted molar refractivity (Wildman–Crippen MR) is 83.1 cm³/mol. The number of nitrogens with two attached hydrogens (primary N) is 1. The van der Waals surface area contributed by atoms with Crippen molar-refractivity contribution in [2.45, 2.75) is 44.6 Å². The molecule has 0 aliphatic heterocycles. The molecule has 2 aromatic rings. The first kappa shape index (κ1) is 14.6. The quantitative estimate of drug-likeness (QED) is 0.850. The maximum atomic E-state index is 12.6. The zero-order valence-electron chi connectivity index (χ0n) is 12.4. The summed E-state index contributed by atoms with van der Waals surface area (Å²) in [7, 11) is 0. The van der Waals surface area contributed by atoms with Crippen molar-refractivity contribution in [3.63, 3.8) is 0 Å². The highest BCUT2D eigenvalue weighted by Gasteiger charge is 2.24. The zero-order chi connectivity index (χ0) is 15.4. The largest absolute Gasteiger partial charge is 0.367 e. The molecule has 0 radical (unpaired) electrons. The lowest BCUT2D eigenvalue weighted by Crippen LogP contribution is -2.34. The molecule has 0 atom stereocenters. The van der Waals surface area contributed by atoms with E-state index >= 15 is 0 Å². The van der Waals surface area contributed by atoms with Gasteiger partial charge < -0.3 is 15.6 Å². The number of carbonyl (C=O) groups is 1. The summed E-state index contributed by atoms with van der Waals surface area (Å²) in [6.07, 6.45) is 10.1. The van der Waals surface area contributed by atoms with Crippen molar-refractivity contribution in [1.29, 1.82) is 0 Å². The predicted octanol–water partition coefficient (Wildman–Crippen LogP) is 2.77. The van der Waals surface area contributed by atoms with E-state index in [1.807, 2.05) is 6.07 Å². The van der Waals surface area contributed by atoms with E-state index in [4.69, 9.17) is 10.3 Å². The standard InChI is InChI=1S/C16H20N4O2/c17-15-13(14(20-22-15)11-6-5-9-18-10-11)16(21)19-12-7-3-1-2-4-8-12/h5-6,9-10,12H,1-4,7-8,17H2,(H,19,21). The van der Waals surface area contributed by atoms with E-state index in [0.717, 1.165) is 25.7 Å². The van der Waals surface area contributed by atoms with Crippen molar-refractivity contribution < 1.29 is 9.32 Å². The first-order valence-corrected chi connectivity index (χ1v) is 7.72. The number of carbonyl (C=O) groups excluding carboxylic acids is 1. The second-order valence-electron chi connectivity index (χ2n) is 5.67. The van der Waals surface area contributed by atoms with Crippen molar-refractivity contribution in [2.24, 2.45) is 0 Å². The average molecular weight is 300 g/mol. The zero-order valence-corrected chi connectivity index (χ0v) is 12.4. The van der Waals surface area contributed by atoms with Crippen LogP contribution in [-0.2, 0) is 0 Å². The number of nitrogens with zero attached hydrogens (tertiary/aromatic N) is 2. The molecule has 0 bridgehead atoms. The molecule has 0 aromatic carbocycles. The number of nitrogen functional groups attached to an aromatic ring is 1. The van der Waals surface area contributed by atoms with Crippen molar-refractivity contribution in [3.8, 4) is 11.3 Å². The van der Waals surface area contributed by atoms with Crippen LogP contribution >= 0.6 is 0 Å². The Bertz CT molecular complexity index is 631. The monoisotopic (exact) mass is 300 g/mol. The number of amides is 1. The van der Waals surface area contributed by atoms with E-state index in [2.05, 4.69) is 15.5 Å². The number of hydrogen-bond acceptors (Lipinski definition) is 5. The molecule has 3 N–H and O–H groups in total. The number of anilines is 1. The van der Waals surface area contributed by atoms with Crippen LogP contribution in [0.4, 0.5) is 5.88 Å². The van der Waals surface area contributed by atoms with Gasteiger partial charge in [0.15, 0.2) is 0 Å². The van der Waals surface area contributed by atoms with E-state index in [-0.39, 0.29) is 17.8 Å². The van der Waals surface area contributed by atoms with Gasteiger partial charge in [0.05, 0.1) is 0 Å². The summed E-state index contributed by atoms with van der Waals surface area (Å²) in [6, 6.07) is 3.81. The highest BCUT2D eigenvalue weighted by atomic mass is 16.5. The van der Waals surface area contributed by atoms with Gasteiger partial charge in [0.1, 0.15) is 11.3 Å². The summed E-state index contributed by atoms with van der Waals surface area (Å²) in [5.74, 6) is -0.172. The number of pyridine rings is 1. The second-order valence-corrected chi connectivity index (χ2v) is 5.67. The van der Waals surface area contributed by atoms with Crippen LogP contribution in [0.2, 0.25) is 0 Å². The Morgan fingerprint density at radius 1 is 1.27 bits per heavy atom. The fraction of sp³-hybridized carbons (Fsp3) is 0.438. The van der Waals surface area contributed by atoms with Gasteiger partial charge in [-0.1, -0.05) is 30.8 Å². The molecule has 6 heteroatoms. The van der Waals surface area contributed by atoms with Crippen LogP contribution < -0.4 is 11.1 Å². The summed E-state index contributed by atoms with van der Waals surface area (Å²) < 4.78 is 5.02. The molecular weight excluding hydrogens is 280 g/mol. The molecule has 0 unspecified atom stereocenters. The number of nitrogens with one attached hydrogen (secondary N) is 1. The maximum absolute atomic E-state index is 12.6. The van der Waals surface area contributed by atoms with Crippen molar-refractivity contribution in [2.75, 3.05) is 5.73 Å². The minimum absolute atomic E-state index is 0.0463. The Balaban J connectivity index is 1.82. The average Bonchev–Trinajstić information content (AvgIpc) is 2.75. The molecule has 1 saturated carbocycles. The number of rotatable bonds is 3. The molecule has 1 aliphatic carbocycles. The van der Waals surface area contributed by atoms with E-state index < -0.39 is 0 Å². The lowest BCUT2D eigenvalue weighted by molar-refractivity contribution is 0.0934. The van der Waals surface area contributed by atoms with Crippen LogP contribution in [-0.4, -0.2) is 22.1 Å². The molecule has 0 saturated heterocycles. The first-order chi connectivity index (χ1) is 10.8. The van der Waals surface area contributed by atoms with Gasteiger partial charge in [0.2, 0.25) is 5.88 Å². The van der Waals surface area contributed by atoms with Crippen molar-refractivity contribution >= 4 is 11.8 Å². The molecule has 22 heavy (non-hydrogen) atoms. The fourth-order valence-electron chi connectivity index (χ4n) is 2.90. The molecule has 6 nitrogen and oxygen atoms in total. The normalized spacial score (nSPS) is 16.2. The van der Waals surface area contributed by atoms with Gasteiger partial charge in [-0.3, -0.25) is 9.78 Å². The van der Waals surface area contributed by atoms with Gasteiger partial charge >= 0.3 is 0 Å². The van der Waals surface area contributed by atoms with Gasteiger partial charge in [0, 0.05) is 24.0 Å². The Morgan fingerprint density at radius 2 is 2.05 bits per heavy atom. The highest BCUT2D eigenvalue weighted by molar-refractivity contribution is 6.03. The third-order valence-corrected chi connectivity index (χ3v) is 4.07. The maximum Gasteiger partial charge on any atom is 0.259 e. The molecule has 3 rings (SSSR count). The lowest BCUT2D eigenvalue weighted by Gasteiger charge is -2.16. The van der Waals surface area contributed by atoms with Gasteiger partial charge in [-0.05, 0) is 25.0 Å². The minimum Gasteiger partial charge on any atom is -0.367 e. The van der Waals surface area contributed by atoms with E-state index in [9.17, 15) is 4.79 Å². The SMILES string of the molecule is Nc1onc(-c2cccnc2)c1C(=O)NC1CCCCCC1. The van der Waals surface area contributed by atoms with E-state index in [0.29, 0.717) is 16.8 Å². The van der Waals surface area contributed by atoms with Crippen molar-refractivity contribution in [3.05, 3.63) is 30.1 Å². The van der Waals surface area contributed by atoms with Crippen LogP contribution in [0.25, 0.3) is 11.3 Å². The lowest BCUT2D eigenvalue weighted by atomic mass is 10.1. The molecular formula is C16H20N4O2. The molecule has 2 aromatic heterocycles. The summed E-state index contributed by atoms with van der Waals surface area (Å²) in [6.45, 7) is 0. The minimum atomic E-state index is -0.218. The fourth-order valence-corrected chi connectivity index (χ4v) is 2.90. The number of aromatic nitrogens is 2. The highest BCUT2D eigenvalue weighted by Crippen LogP contribution is 2.27. The second kappa shape index (κ2) is 6.60. The van der Waals surface area contributed by atoms with E-state index in [1.54, 1.807) is 18.5 Å². The van der Waals surface area contributed by atoms with Gasteiger partial charge in [0.25, 0.3) is 5.91 Å². The molecule has 2 heterocycles. The van der Waals surface area contributed by atoms with Gasteiger partial charge in [-0.15, -0.1) is 0 Å². The number of hydrogen-bond donors (Lipinski definition) is 2. The van der Waals surface area contributed by atoms with Crippen molar-refractivity contribution in [1.82, 2.24) is 15.5 Å². The molecule has 1 aliphatic rings. The van der Waals surface area contributed by atoms with Crippen LogP contribution in [0.5, 0.6) is 0 Å². The molecule has 1 amide bonds. The summed E-state index contributed by atoms with van der Waals surface area (Å²) in [5.41, 5.74) is 7.27. The molecule has 1 fully saturated rings. The molecule has 0 spiro atoms. The third kappa shape index (κ3) is 3.10. The summed E-state index contributed by atoms with van der Waals surface area (Å²) in [5, 5.41) is 6.99. The van der Waals surface area contributed by atoms with Crippen LogP contribution in [0, 0.1) is 0 Å². The summed E-state index contributed by atoms with van der Waals surface area (Å²) >= 11 is 0. The van der Waals surface area contributed by atoms with E-state index in [1.165, 1.54) is 12.8 Å². The Morgan fingerprint density at radius 3 is 2.73 bits per heavy atom. The molecule has 116 valence electrons. The third-order valence-electron chi connectivity index (χ3n) is 4.07. The van der Waals surface area contributed by atoms with Crippen LogP contribution in [0.1, 0.15) is 48.9 Å².